The number of fused-ring (bicyclic) bond motifs is 1. The second-order valence-corrected chi connectivity index (χ2v) is 10.8. The Morgan fingerprint density at radius 2 is 1.90 bits per heavy atom. The fraction of sp³-hybridized carbons (Fsp3) is 0.429. The number of halogens is 3. The molecule has 0 aliphatic carbocycles. The average Bonchev–Trinajstić information content (AvgIpc) is 3.24. The van der Waals surface area contributed by atoms with Crippen LogP contribution in [-0.2, 0) is 17.5 Å². The van der Waals surface area contributed by atoms with E-state index in [1.54, 1.807) is 36.4 Å². The van der Waals surface area contributed by atoms with Crippen LogP contribution >= 0.6 is 0 Å². The van der Waals surface area contributed by atoms with Crippen LogP contribution in [0.5, 0.6) is 5.75 Å². The Balaban J connectivity index is 1.56. The normalized spacial score (nSPS) is 15.5. The van der Waals surface area contributed by atoms with E-state index < -0.39 is 23.7 Å². The molecule has 1 atom stereocenters. The van der Waals surface area contributed by atoms with Gasteiger partial charge >= 0.3 is 6.18 Å². The third-order valence-electron chi connectivity index (χ3n) is 6.61. The molecule has 0 spiro atoms. The van der Waals surface area contributed by atoms with Crippen molar-refractivity contribution in [2.24, 2.45) is 0 Å². The van der Waals surface area contributed by atoms with Crippen molar-refractivity contribution in [3.8, 4) is 17.6 Å². The molecule has 0 saturated carbocycles. The number of ether oxygens (including phenoxy) is 1. The Kier molecular flexibility index (Phi) is 9.43. The second-order valence-electron chi connectivity index (χ2n) is 9.48. The van der Waals surface area contributed by atoms with Crippen LogP contribution in [0.4, 0.5) is 24.5 Å². The lowest BCUT2D eigenvalue weighted by molar-refractivity contribution is -0.140. The van der Waals surface area contributed by atoms with Gasteiger partial charge in [0.05, 0.1) is 35.4 Å². The van der Waals surface area contributed by atoms with Crippen molar-refractivity contribution in [2.75, 3.05) is 51.0 Å². The van der Waals surface area contributed by atoms with Crippen molar-refractivity contribution < 1.29 is 22.1 Å². The highest BCUT2D eigenvalue weighted by atomic mass is 32.2. The predicted molar refractivity (Wildman–Crippen MR) is 151 cm³/mol. The fourth-order valence-corrected chi connectivity index (χ4v) is 5.49. The van der Waals surface area contributed by atoms with Crippen molar-refractivity contribution >= 4 is 33.3 Å². The number of alkyl halides is 3. The summed E-state index contributed by atoms with van der Waals surface area (Å²) in [7, 11) is 2.25. The Labute approximate surface area is 229 Å². The van der Waals surface area contributed by atoms with E-state index in [0.717, 1.165) is 37.0 Å². The third kappa shape index (κ3) is 7.47. The van der Waals surface area contributed by atoms with Crippen LogP contribution in [0, 0.1) is 11.8 Å². The number of benzene rings is 2. The number of hydrogen-bond donors (Lipinski definition) is 3. The molecule has 1 aliphatic heterocycles. The van der Waals surface area contributed by atoms with Crippen molar-refractivity contribution in [3.05, 3.63) is 48.2 Å². The summed E-state index contributed by atoms with van der Waals surface area (Å²) in [6.45, 7) is 3.45. The Hall–Kier alpha value is -3.20. The highest BCUT2D eigenvalue weighted by Crippen LogP contribution is 2.31. The zero-order chi connectivity index (χ0) is 28.0. The monoisotopic (exact) mass is 561 g/mol. The van der Waals surface area contributed by atoms with Gasteiger partial charge in [0.25, 0.3) is 0 Å². The summed E-state index contributed by atoms with van der Waals surface area (Å²) < 4.78 is 62.3. The van der Waals surface area contributed by atoms with Gasteiger partial charge in [-0.3, -0.25) is 0 Å². The molecule has 1 fully saturated rings. The summed E-state index contributed by atoms with van der Waals surface area (Å²) in [5.41, 5.74) is 2.26. The zero-order valence-electron chi connectivity index (χ0n) is 22.3. The predicted octanol–water partition coefficient (Wildman–Crippen LogP) is 4.81. The smallest absolute Gasteiger partial charge is 0.406 e. The van der Waals surface area contributed by atoms with Gasteiger partial charge in [-0.2, -0.15) is 13.2 Å². The van der Waals surface area contributed by atoms with E-state index in [-0.39, 0.29) is 12.6 Å². The molecule has 1 saturated heterocycles. The number of nitrogens with one attached hydrogen (secondary N) is 3. The maximum Gasteiger partial charge on any atom is 0.406 e. The molecule has 1 aliphatic rings. The van der Waals surface area contributed by atoms with E-state index in [1.807, 2.05) is 13.0 Å². The van der Waals surface area contributed by atoms with E-state index in [1.165, 1.54) is 11.7 Å². The standard InChI is InChI=1S/C28H34F3N5O2S/c1-4-33-39(37)22-10-11-25(27(18-22)38-3)32-14-6-7-21-17-23-24(34-20-12-15-35(2)16-13-20)8-5-9-26(23)36(21)19-28(29,30)31/h5,8-11,17-18,20,32-34H,4,12-16,19H2,1-3H3. The first-order valence-electron chi connectivity index (χ1n) is 12.9. The molecule has 0 radical (unpaired) electrons. The topological polar surface area (TPSA) is 70.6 Å². The van der Waals surface area contributed by atoms with Gasteiger partial charge in [-0.1, -0.05) is 18.9 Å². The quantitative estimate of drug-likeness (QED) is 0.327. The average molecular weight is 562 g/mol. The molecule has 3 N–H and O–H groups in total. The lowest BCUT2D eigenvalue weighted by Crippen LogP contribution is -2.36. The first-order valence-corrected chi connectivity index (χ1v) is 14.0. The minimum absolute atomic E-state index is 0.181. The molecule has 210 valence electrons. The molecule has 0 bridgehead atoms. The van der Waals surface area contributed by atoms with Gasteiger partial charge in [-0.15, -0.1) is 0 Å². The summed E-state index contributed by atoms with van der Waals surface area (Å²) in [6.07, 6.45) is -2.44. The minimum Gasteiger partial charge on any atom is -0.495 e. The van der Waals surface area contributed by atoms with Gasteiger partial charge in [-0.25, -0.2) is 8.93 Å². The summed E-state index contributed by atoms with van der Waals surface area (Å²) in [5, 5.41) is 7.41. The number of aromatic nitrogens is 1. The Morgan fingerprint density at radius 3 is 2.59 bits per heavy atom. The van der Waals surface area contributed by atoms with Gasteiger partial charge in [0.2, 0.25) is 0 Å². The van der Waals surface area contributed by atoms with Crippen molar-refractivity contribution in [3.63, 3.8) is 0 Å². The molecule has 2 heterocycles. The number of anilines is 2. The highest BCUT2D eigenvalue weighted by molar-refractivity contribution is 7.83. The molecule has 1 aromatic heterocycles. The van der Waals surface area contributed by atoms with E-state index in [4.69, 9.17) is 4.74 Å². The van der Waals surface area contributed by atoms with Crippen molar-refractivity contribution in [1.29, 1.82) is 0 Å². The molecule has 39 heavy (non-hydrogen) atoms. The van der Waals surface area contributed by atoms with Gasteiger partial charge in [-0.05, 0) is 75.3 Å². The van der Waals surface area contributed by atoms with Gasteiger partial charge < -0.3 is 24.8 Å². The van der Waals surface area contributed by atoms with Crippen LogP contribution in [0.1, 0.15) is 25.5 Å². The van der Waals surface area contributed by atoms with Crippen molar-refractivity contribution in [1.82, 2.24) is 14.2 Å². The summed E-state index contributed by atoms with van der Waals surface area (Å²) in [6, 6.07) is 12.5. The minimum atomic E-state index is -4.39. The molecule has 4 rings (SSSR count). The number of rotatable bonds is 9. The SMILES string of the molecule is CCNS(=O)c1ccc(NCC#Cc2cc3c(NC4CCN(C)CC4)cccc3n2CC(F)(F)F)c(OC)c1. The van der Waals surface area contributed by atoms with E-state index in [9.17, 15) is 17.4 Å². The Morgan fingerprint density at radius 1 is 1.13 bits per heavy atom. The van der Waals surface area contributed by atoms with Crippen molar-refractivity contribution in [2.45, 2.75) is 43.4 Å². The zero-order valence-corrected chi connectivity index (χ0v) is 23.1. The number of methoxy groups -OCH3 is 1. The second kappa shape index (κ2) is 12.8. The van der Waals surface area contributed by atoms with Crippen LogP contribution in [0.25, 0.3) is 10.9 Å². The van der Waals surface area contributed by atoms with Crippen LogP contribution in [0.15, 0.2) is 47.4 Å². The molecule has 2 aromatic carbocycles. The molecule has 11 heteroatoms. The molecular weight excluding hydrogens is 527 g/mol. The molecule has 7 nitrogen and oxygen atoms in total. The Bertz CT molecular complexity index is 1370. The highest BCUT2D eigenvalue weighted by Gasteiger charge is 2.30. The maximum absolute atomic E-state index is 13.5. The maximum atomic E-state index is 13.5. The molecule has 0 amide bonds. The number of nitrogens with zero attached hydrogens (tertiary/aromatic N) is 2. The van der Waals surface area contributed by atoms with E-state index >= 15 is 0 Å². The first-order chi connectivity index (χ1) is 18.7. The summed E-state index contributed by atoms with van der Waals surface area (Å²) >= 11 is 0. The van der Waals surface area contributed by atoms with Crippen LogP contribution in [-0.4, -0.2) is 66.2 Å². The molecular formula is C28H34F3N5O2S. The van der Waals surface area contributed by atoms with Crippen LogP contribution in [0.3, 0.4) is 0 Å². The van der Waals surface area contributed by atoms with Crippen LogP contribution < -0.4 is 20.1 Å². The summed E-state index contributed by atoms with van der Waals surface area (Å²) in [4.78, 5) is 2.85. The van der Waals surface area contributed by atoms with E-state index in [0.29, 0.717) is 34.1 Å². The van der Waals surface area contributed by atoms with E-state index in [2.05, 4.69) is 39.1 Å². The van der Waals surface area contributed by atoms with Gasteiger partial charge in [0.15, 0.2) is 0 Å². The lowest BCUT2D eigenvalue weighted by Gasteiger charge is -2.30. The van der Waals surface area contributed by atoms with Gasteiger partial charge in [0, 0.05) is 23.7 Å². The third-order valence-corrected chi connectivity index (χ3v) is 7.84. The number of piperidine rings is 1. The molecule has 1 unspecified atom stereocenters. The first kappa shape index (κ1) is 28.8. The largest absolute Gasteiger partial charge is 0.495 e. The number of likely N-dealkylation sites (tertiary alicyclic amines) is 1. The summed E-state index contributed by atoms with van der Waals surface area (Å²) in [5.74, 6) is 6.38. The lowest BCUT2D eigenvalue weighted by atomic mass is 10.0. The van der Waals surface area contributed by atoms with Crippen LogP contribution in [0.2, 0.25) is 0 Å². The molecule has 3 aromatic rings. The van der Waals surface area contributed by atoms with Gasteiger partial charge in [0.1, 0.15) is 23.3 Å². The fourth-order valence-electron chi connectivity index (χ4n) is 4.66. The number of hydrogen-bond acceptors (Lipinski definition) is 5.